The molecule has 0 amide bonds. The lowest BCUT2D eigenvalue weighted by atomic mass is 9.96. The fraction of sp³-hybridized carbons (Fsp3) is 0.923. The number of ether oxygens (including phenoxy) is 1. The molecule has 2 aliphatic rings. The molecule has 17 heavy (non-hydrogen) atoms. The van der Waals surface area contributed by atoms with Crippen molar-refractivity contribution in [2.24, 2.45) is 5.92 Å². The Hall–Kier alpha value is 0.210. The number of ketones is 1. The summed E-state index contributed by atoms with van der Waals surface area (Å²) in [7, 11) is 0. The van der Waals surface area contributed by atoms with Gasteiger partial charge in [-0.3, -0.25) is 4.79 Å². The molecule has 98 valence electrons. The van der Waals surface area contributed by atoms with Gasteiger partial charge in [-0.2, -0.15) is 0 Å². The molecule has 0 radical (unpaired) electrons. The lowest BCUT2D eigenvalue weighted by molar-refractivity contribution is -0.119. The van der Waals surface area contributed by atoms with Crippen LogP contribution in [0.1, 0.15) is 51.9 Å². The summed E-state index contributed by atoms with van der Waals surface area (Å²) in [5, 5.41) is 0. The number of Topliss-reactive ketones (excluding diaryl/α,β-unsaturated/α-hetero) is 1. The van der Waals surface area contributed by atoms with Crippen LogP contribution in [-0.4, -0.2) is 22.3 Å². The highest BCUT2D eigenvalue weighted by Gasteiger charge is 2.53. The molecule has 0 aromatic heterocycles. The first-order chi connectivity index (χ1) is 8.05. The molecular formula is C13H20Cl2O2. The van der Waals surface area contributed by atoms with E-state index in [2.05, 4.69) is 6.92 Å². The second-order valence-corrected chi connectivity index (χ2v) is 6.62. The van der Waals surface area contributed by atoms with Gasteiger partial charge >= 0.3 is 0 Å². The van der Waals surface area contributed by atoms with Crippen molar-refractivity contribution < 1.29 is 9.53 Å². The number of carbonyl (C=O) groups excluding carboxylic acids is 1. The van der Waals surface area contributed by atoms with Crippen molar-refractivity contribution in [1.82, 2.24) is 0 Å². The molecule has 2 rings (SSSR count). The van der Waals surface area contributed by atoms with Crippen LogP contribution in [-0.2, 0) is 9.53 Å². The summed E-state index contributed by atoms with van der Waals surface area (Å²) in [6.07, 6.45) is 7.13. The molecule has 0 heterocycles. The number of carbonyl (C=O) groups is 1. The second-order valence-electron chi connectivity index (χ2n) is 5.24. The van der Waals surface area contributed by atoms with E-state index >= 15 is 0 Å². The number of alkyl halides is 2. The van der Waals surface area contributed by atoms with Gasteiger partial charge in [0.2, 0.25) is 4.33 Å². The molecule has 2 nitrogen and oxygen atoms in total. The summed E-state index contributed by atoms with van der Waals surface area (Å²) in [5.41, 5.74) is 0. The minimum atomic E-state index is -1.32. The van der Waals surface area contributed by atoms with Crippen LogP contribution in [0.4, 0.5) is 0 Å². The molecule has 2 saturated carbocycles. The van der Waals surface area contributed by atoms with E-state index in [-0.39, 0.29) is 23.9 Å². The summed E-state index contributed by atoms with van der Waals surface area (Å²) in [5.74, 6) is 0.105. The highest BCUT2D eigenvalue weighted by molar-refractivity contribution is 6.59. The third-order valence-corrected chi connectivity index (χ3v) is 4.87. The van der Waals surface area contributed by atoms with Crippen molar-refractivity contribution in [1.29, 1.82) is 0 Å². The topological polar surface area (TPSA) is 26.3 Å². The third kappa shape index (κ3) is 2.80. The van der Waals surface area contributed by atoms with Gasteiger partial charge in [0.1, 0.15) is 6.10 Å². The Morgan fingerprint density at radius 2 is 1.94 bits per heavy atom. The van der Waals surface area contributed by atoms with E-state index in [1.54, 1.807) is 0 Å². The summed E-state index contributed by atoms with van der Waals surface area (Å²) in [6.45, 7) is 2.06. The first-order valence-corrected chi connectivity index (χ1v) is 7.38. The van der Waals surface area contributed by atoms with E-state index in [4.69, 9.17) is 27.9 Å². The van der Waals surface area contributed by atoms with Crippen LogP contribution in [0.3, 0.4) is 0 Å². The first kappa shape index (κ1) is 13.6. The van der Waals surface area contributed by atoms with Crippen LogP contribution < -0.4 is 0 Å². The van der Waals surface area contributed by atoms with Gasteiger partial charge in [0.15, 0.2) is 5.78 Å². The molecule has 2 aliphatic carbocycles. The maximum Gasteiger partial charge on any atom is 0.201 e. The fourth-order valence-corrected chi connectivity index (χ4v) is 3.51. The van der Waals surface area contributed by atoms with E-state index in [1.165, 1.54) is 19.3 Å². The number of hydrogen-bond acceptors (Lipinski definition) is 2. The quantitative estimate of drug-likeness (QED) is 0.733. The summed E-state index contributed by atoms with van der Waals surface area (Å²) < 4.78 is 4.74. The van der Waals surface area contributed by atoms with Crippen LogP contribution in [0.5, 0.6) is 0 Å². The van der Waals surface area contributed by atoms with E-state index in [0.717, 1.165) is 19.3 Å². The van der Waals surface area contributed by atoms with Crippen LogP contribution >= 0.6 is 23.2 Å². The van der Waals surface area contributed by atoms with Gasteiger partial charge in [0, 0.05) is 6.42 Å². The molecule has 0 aromatic rings. The van der Waals surface area contributed by atoms with Crippen molar-refractivity contribution in [2.45, 2.75) is 68.4 Å². The lowest BCUT2D eigenvalue weighted by Gasteiger charge is -2.32. The molecule has 0 unspecified atom stereocenters. The van der Waals surface area contributed by atoms with Crippen LogP contribution in [0.2, 0.25) is 0 Å². The minimum Gasteiger partial charge on any atom is -0.371 e. The van der Waals surface area contributed by atoms with Crippen LogP contribution in [0, 0.1) is 5.92 Å². The molecule has 0 bridgehead atoms. The van der Waals surface area contributed by atoms with Crippen molar-refractivity contribution in [3.63, 3.8) is 0 Å². The predicted molar refractivity (Wildman–Crippen MR) is 69.6 cm³/mol. The summed E-state index contributed by atoms with van der Waals surface area (Å²) in [4.78, 5) is 11.8. The van der Waals surface area contributed by atoms with E-state index in [1.807, 2.05) is 0 Å². The Bertz CT molecular complexity index is 285. The van der Waals surface area contributed by atoms with E-state index < -0.39 is 4.33 Å². The van der Waals surface area contributed by atoms with Crippen molar-refractivity contribution in [3.05, 3.63) is 0 Å². The third-order valence-electron chi connectivity index (χ3n) is 4.02. The minimum absolute atomic E-state index is 0.0755. The van der Waals surface area contributed by atoms with Gasteiger partial charge in [-0.25, -0.2) is 0 Å². The molecule has 0 spiro atoms. The van der Waals surface area contributed by atoms with E-state index in [9.17, 15) is 4.79 Å². The van der Waals surface area contributed by atoms with Gasteiger partial charge in [-0.1, -0.05) is 55.8 Å². The van der Waals surface area contributed by atoms with Gasteiger partial charge in [0.25, 0.3) is 0 Å². The molecule has 0 saturated heterocycles. The Balaban J connectivity index is 2.03. The summed E-state index contributed by atoms with van der Waals surface area (Å²) in [6, 6.07) is 0. The smallest absolute Gasteiger partial charge is 0.201 e. The first-order valence-electron chi connectivity index (χ1n) is 6.62. The molecule has 0 aromatic carbocycles. The van der Waals surface area contributed by atoms with Gasteiger partial charge in [0.05, 0.1) is 6.10 Å². The number of rotatable bonds is 3. The lowest BCUT2D eigenvalue weighted by Crippen LogP contribution is -2.39. The molecule has 2 fully saturated rings. The zero-order chi connectivity index (χ0) is 12.5. The molecule has 4 heteroatoms. The fourth-order valence-electron chi connectivity index (χ4n) is 2.90. The largest absolute Gasteiger partial charge is 0.371 e. The molecule has 0 aliphatic heterocycles. The Labute approximate surface area is 113 Å². The normalized spacial score (nSPS) is 34.2. The highest BCUT2D eigenvalue weighted by atomic mass is 35.5. The highest BCUT2D eigenvalue weighted by Crippen LogP contribution is 2.45. The average molecular weight is 279 g/mol. The van der Waals surface area contributed by atoms with Crippen molar-refractivity contribution in [2.75, 3.05) is 0 Å². The maximum atomic E-state index is 11.8. The summed E-state index contributed by atoms with van der Waals surface area (Å²) >= 11 is 12.3. The maximum absolute atomic E-state index is 11.8. The van der Waals surface area contributed by atoms with Crippen LogP contribution in [0.25, 0.3) is 0 Å². The zero-order valence-electron chi connectivity index (χ0n) is 10.3. The molecular weight excluding hydrogens is 259 g/mol. The number of halogens is 2. The average Bonchev–Trinajstić information content (AvgIpc) is 2.54. The monoisotopic (exact) mass is 278 g/mol. The molecule has 2 atom stereocenters. The standard InChI is InChI=1S/C13H20Cl2O2/c1-2-9-8-11(16)13(14,15)12(9)17-10-6-4-3-5-7-10/h9-10,12H,2-8H2,1H3/t9-,12+/m1/s1. The van der Waals surface area contributed by atoms with Gasteiger partial charge < -0.3 is 4.74 Å². The van der Waals surface area contributed by atoms with E-state index in [0.29, 0.717) is 6.42 Å². The predicted octanol–water partition coefficient (Wildman–Crippen LogP) is 3.88. The van der Waals surface area contributed by atoms with Gasteiger partial charge in [-0.05, 0) is 18.8 Å². The number of hydrogen-bond donors (Lipinski definition) is 0. The Morgan fingerprint density at radius 3 is 2.53 bits per heavy atom. The Morgan fingerprint density at radius 1 is 1.29 bits per heavy atom. The second kappa shape index (κ2) is 5.46. The Kier molecular flexibility index (Phi) is 4.38. The molecule has 0 N–H and O–H groups in total. The van der Waals surface area contributed by atoms with Crippen molar-refractivity contribution in [3.8, 4) is 0 Å². The van der Waals surface area contributed by atoms with Crippen LogP contribution in [0.15, 0.2) is 0 Å². The SMILES string of the molecule is CC[C@@H]1CC(=O)C(Cl)(Cl)[C@H]1OC1CCCCC1. The zero-order valence-corrected chi connectivity index (χ0v) is 11.8. The van der Waals surface area contributed by atoms with Crippen molar-refractivity contribution >= 4 is 29.0 Å². The van der Waals surface area contributed by atoms with Gasteiger partial charge in [-0.15, -0.1) is 0 Å².